The minimum absolute atomic E-state index is 0.417. The van der Waals surface area contributed by atoms with Crippen LogP contribution in [0, 0.1) is 6.92 Å². The van der Waals surface area contributed by atoms with E-state index in [2.05, 4.69) is 48.5 Å². The number of benzene rings is 3. The fourth-order valence-electron chi connectivity index (χ4n) is 2.82. The molecule has 0 radical (unpaired) electrons. The molecule has 22 heavy (non-hydrogen) atoms. The Labute approximate surface area is 131 Å². The third-order valence-electron chi connectivity index (χ3n) is 3.93. The van der Waals surface area contributed by atoms with Gasteiger partial charge in [0.25, 0.3) is 0 Å². The van der Waals surface area contributed by atoms with E-state index >= 15 is 0 Å². The zero-order valence-corrected chi connectivity index (χ0v) is 12.8. The van der Waals surface area contributed by atoms with Gasteiger partial charge in [-0.05, 0) is 41.2 Å². The molecule has 0 fully saturated rings. The van der Waals surface area contributed by atoms with Gasteiger partial charge < -0.3 is 5.11 Å². The molecule has 0 saturated carbocycles. The normalized spacial score (nSPS) is 10.6. The van der Waals surface area contributed by atoms with Gasteiger partial charge in [0, 0.05) is 6.42 Å². The van der Waals surface area contributed by atoms with Crippen molar-refractivity contribution in [2.24, 2.45) is 0 Å². The standard InChI is InChI=1S/C21H20O/c1-16-12-19(13-17-8-4-2-5-9-17)15-20(21(16)22)14-18-10-6-3-7-11-18/h2-12,15,22H,13-14H2,1H3. The van der Waals surface area contributed by atoms with Crippen LogP contribution in [0.15, 0.2) is 72.8 Å². The molecule has 0 spiro atoms. The number of aryl methyl sites for hydroxylation is 1. The van der Waals surface area contributed by atoms with Crippen molar-refractivity contribution in [2.45, 2.75) is 19.8 Å². The van der Waals surface area contributed by atoms with Crippen molar-refractivity contribution in [1.29, 1.82) is 0 Å². The topological polar surface area (TPSA) is 20.2 Å². The fourth-order valence-corrected chi connectivity index (χ4v) is 2.82. The average Bonchev–Trinajstić information content (AvgIpc) is 2.54. The van der Waals surface area contributed by atoms with Gasteiger partial charge in [0.1, 0.15) is 5.75 Å². The van der Waals surface area contributed by atoms with Crippen molar-refractivity contribution in [3.63, 3.8) is 0 Å². The molecule has 0 atom stereocenters. The van der Waals surface area contributed by atoms with Crippen LogP contribution in [0.5, 0.6) is 5.75 Å². The number of rotatable bonds is 4. The Morgan fingerprint density at radius 1 is 0.682 bits per heavy atom. The lowest BCUT2D eigenvalue weighted by Crippen LogP contribution is -1.95. The first-order chi connectivity index (χ1) is 10.7. The lowest BCUT2D eigenvalue weighted by molar-refractivity contribution is 0.465. The first-order valence-corrected chi connectivity index (χ1v) is 7.61. The van der Waals surface area contributed by atoms with Gasteiger partial charge in [-0.2, -0.15) is 0 Å². The molecular weight excluding hydrogens is 268 g/mol. The number of hydrogen-bond acceptors (Lipinski definition) is 1. The van der Waals surface area contributed by atoms with Gasteiger partial charge >= 0.3 is 0 Å². The van der Waals surface area contributed by atoms with Gasteiger partial charge in [0.2, 0.25) is 0 Å². The molecule has 1 nitrogen and oxygen atoms in total. The molecule has 0 bridgehead atoms. The molecular formula is C21H20O. The molecule has 0 aliphatic rings. The lowest BCUT2D eigenvalue weighted by Gasteiger charge is -2.11. The summed E-state index contributed by atoms with van der Waals surface area (Å²) >= 11 is 0. The first-order valence-electron chi connectivity index (χ1n) is 7.61. The zero-order valence-electron chi connectivity index (χ0n) is 12.8. The highest BCUT2D eigenvalue weighted by Gasteiger charge is 2.08. The Balaban J connectivity index is 1.90. The highest BCUT2D eigenvalue weighted by Crippen LogP contribution is 2.27. The smallest absolute Gasteiger partial charge is 0.122 e. The van der Waals surface area contributed by atoms with Crippen LogP contribution in [0.1, 0.15) is 27.8 Å². The van der Waals surface area contributed by atoms with Crippen molar-refractivity contribution in [3.05, 3.63) is 101 Å². The summed E-state index contributed by atoms with van der Waals surface area (Å²) in [6.45, 7) is 1.97. The zero-order chi connectivity index (χ0) is 15.4. The second-order valence-electron chi connectivity index (χ2n) is 5.75. The molecule has 0 amide bonds. The maximum atomic E-state index is 10.3. The molecule has 0 unspecified atom stereocenters. The van der Waals surface area contributed by atoms with Crippen molar-refractivity contribution >= 4 is 0 Å². The van der Waals surface area contributed by atoms with E-state index < -0.39 is 0 Å². The minimum atomic E-state index is 0.417. The number of phenolic OH excluding ortho intramolecular Hbond substituents is 1. The molecule has 0 aromatic heterocycles. The van der Waals surface area contributed by atoms with E-state index in [0.29, 0.717) is 5.75 Å². The van der Waals surface area contributed by atoms with E-state index in [1.807, 2.05) is 31.2 Å². The minimum Gasteiger partial charge on any atom is -0.507 e. The van der Waals surface area contributed by atoms with Crippen LogP contribution in [0.4, 0.5) is 0 Å². The average molecular weight is 288 g/mol. The molecule has 3 rings (SSSR count). The van der Waals surface area contributed by atoms with Crippen molar-refractivity contribution in [1.82, 2.24) is 0 Å². The summed E-state index contributed by atoms with van der Waals surface area (Å²) in [5, 5.41) is 10.3. The van der Waals surface area contributed by atoms with Crippen molar-refractivity contribution in [2.75, 3.05) is 0 Å². The molecule has 110 valence electrons. The van der Waals surface area contributed by atoms with Crippen LogP contribution in [0.3, 0.4) is 0 Å². The fraction of sp³-hybridized carbons (Fsp3) is 0.143. The van der Waals surface area contributed by atoms with Crippen LogP contribution in [0.25, 0.3) is 0 Å². The van der Waals surface area contributed by atoms with Gasteiger partial charge in [0.05, 0.1) is 0 Å². The first kappa shape index (κ1) is 14.4. The summed E-state index contributed by atoms with van der Waals surface area (Å²) in [5.74, 6) is 0.417. The monoisotopic (exact) mass is 288 g/mol. The van der Waals surface area contributed by atoms with E-state index in [1.54, 1.807) is 0 Å². The van der Waals surface area contributed by atoms with E-state index in [1.165, 1.54) is 16.7 Å². The second kappa shape index (κ2) is 6.48. The molecule has 0 aliphatic carbocycles. The summed E-state index contributed by atoms with van der Waals surface area (Å²) in [7, 11) is 0. The summed E-state index contributed by atoms with van der Waals surface area (Å²) in [6, 6.07) is 24.9. The van der Waals surface area contributed by atoms with E-state index in [4.69, 9.17) is 0 Å². The Kier molecular flexibility index (Phi) is 4.24. The highest BCUT2D eigenvalue weighted by atomic mass is 16.3. The third-order valence-corrected chi connectivity index (χ3v) is 3.93. The summed E-state index contributed by atoms with van der Waals surface area (Å²) < 4.78 is 0. The van der Waals surface area contributed by atoms with Gasteiger partial charge in [-0.25, -0.2) is 0 Å². The van der Waals surface area contributed by atoms with Gasteiger partial charge in [-0.15, -0.1) is 0 Å². The summed E-state index contributed by atoms with van der Waals surface area (Å²) in [4.78, 5) is 0. The molecule has 1 N–H and O–H groups in total. The largest absolute Gasteiger partial charge is 0.507 e. The van der Waals surface area contributed by atoms with Crippen LogP contribution >= 0.6 is 0 Å². The number of hydrogen-bond donors (Lipinski definition) is 1. The van der Waals surface area contributed by atoms with E-state index in [-0.39, 0.29) is 0 Å². The van der Waals surface area contributed by atoms with E-state index in [9.17, 15) is 5.11 Å². The maximum absolute atomic E-state index is 10.3. The Bertz CT molecular complexity index is 746. The SMILES string of the molecule is Cc1cc(Cc2ccccc2)cc(Cc2ccccc2)c1O. The predicted octanol–water partition coefficient (Wildman–Crippen LogP) is 4.88. The van der Waals surface area contributed by atoms with Crippen LogP contribution < -0.4 is 0 Å². The third kappa shape index (κ3) is 3.37. The maximum Gasteiger partial charge on any atom is 0.122 e. The van der Waals surface area contributed by atoms with Crippen molar-refractivity contribution in [3.8, 4) is 5.75 Å². The second-order valence-corrected chi connectivity index (χ2v) is 5.75. The van der Waals surface area contributed by atoms with Gasteiger partial charge in [-0.3, -0.25) is 0 Å². The van der Waals surface area contributed by atoms with Gasteiger partial charge in [0.15, 0.2) is 0 Å². The Morgan fingerprint density at radius 2 is 1.23 bits per heavy atom. The molecule has 0 heterocycles. The predicted molar refractivity (Wildman–Crippen MR) is 91.3 cm³/mol. The van der Waals surface area contributed by atoms with Crippen molar-refractivity contribution < 1.29 is 5.11 Å². The van der Waals surface area contributed by atoms with Crippen LogP contribution in [-0.2, 0) is 12.8 Å². The van der Waals surface area contributed by atoms with Crippen LogP contribution in [0.2, 0.25) is 0 Å². The molecule has 0 aliphatic heterocycles. The van der Waals surface area contributed by atoms with E-state index in [0.717, 1.165) is 24.0 Å². The molecule has 3 aromatic carbocycles. The van der Waals surface area contributed by atoms with Crippen LogP contribution in [-0.4, -0.2) is 5.11 Å². The number of aromatic hydroxyl groups is 1. The molecule has 1 heteroatoms. The lowest BCUT2D eigenvalue weighted by atomic mass is 9.96. The summed E-state index contributed by atoms with van der Waals surface area (Å²) in [6.07, 6.45) is 1.65. The molecule has 3 aromatic rings. The quantitative estimate of drug-likeness (QED) is 0.725. The molecule has 0 saturated heterocycles. The van der Waals surface area contributed by atoms with Gasteiger partial charge in [-0.1, -0.05) is 72.8 Å². The summed E-state index contributed by atoms with van der Waals surface area (Å²) in [5.41, 5.74) is 5.69. The highest BCUT2D eigenvalue weighted by molar-refractivity contribution is 5.46. The number of phenols is 1. The Hall–Kier alpha value is -2.54. The Morgan fingerprint density at radius 3 is 1.82 bits per heavy atom.